The molecule has 1 heterocycles. The van der Waals surface area contributed by atoms with E-state index >= 15 is 0 Å². The molecule has 0 saturated carbocycles. The van der Waals surface area contributed by atoms with Gasteiger partial charge in [-0.1, -0.05) is 54.1 Å². The maximum atomic E-state index is 12.7. The maximum Gasteiger partial charge on any atom is 0.261 e. The number of hydrogen-bond donors (Lipinski definition) is 1. The third-order valence-corrected chi connectivity index (χ3v) is 5.58. The van der Waals surface area contributed by atoms with Gasteiger partial charge in [0.25, 0.3) is 5.91 Å². The van der Waals surface area contributed by atoms with E-state index in [-0.39, 0.29) is 11.9 Å². The summed E-state index contributed by atoms with van der Waals surface area (Å²) in [4.78, 5) is 12.7. The second kappa shape index (κ2) is 8.70. The van der Waals surface area contributed by atoms with E-state index in [2.05, 4.69) is 22.5 Å². The van der Waals surface area contributed by atoms with Crippen LogP contribution in [0.25, 0.3) is 0 Å². The van der Waals surface area contributed by atoms with Crippen molar-refractivity contribution in [1.82, 2.24) is 15.1 Å². The third-order valence-electron chi connectivity index (χ3n) is 5.26. The quantitative estimate of drug-likeness (QED) is 0.650. The minimum absolute atomic E-state index is 0.0481. The number of carbonyl (C=O) groups excluding carboxylic acids is 1. The highest BCUT2D eigenvalue weighted by atomic mass is 35.5. The largest absolute Gasteiger partial charge is 0.479 e. The molecule has 0 radical (unpaired) electrons. The number of rotatable bonds is 6. The summed E-state index contributed by atoms with van der Waals surface area (Å²) < 4.78 is 7.80. The number of carbonyl (C=O) groups is 1. The highest BCUT2D eigenvalue weighted by Gasteiger charge is 2.27. The van der Waals surface area contributed by atoms with Crippen molar-refractivity contribution in [1.29, 1.82) is 0 Å². The van der Waals surface area contributed by atoms with E-state index in [1.165, 1.54) is 11.3 Å². The van der Waals surface area contributed by atoms with Crippen LogP contribution in [0, 0.1) is 0 Å². The molecule has 2 atom stereocenters. The van der Waals surface area contributed by atoms with Gasteiger partial charge in [-0.2, -0.15) is 5.10 Å². The zero-order valence-electron chi connectivity index (χ0n) is 16.3. The van der Waals surface area contributed by atoms with Crippen LogP contribution in [0.1, 0.15) is 42.6 Å². The van der Waals surface area contributed by atoms with Crippen LogP contribution in [0.5, 0.6) is 5.75 Å². The molecule has 1 aromatic heterocycles. The summed E-state index contributed by atoms with van der Waals surface area (Å²) in [5.41, 5.74) is 3.52. The van der Waals surface area contributed by atoms with Crippen molar-refractivity contribution in [2.75, 3.05) is 0 Å². The summed E-state index contributed by atoms with van der Waals surface area (Å²) in [5.74, 6) is 0.357. The highest BCUT2D eigenvalue weighted by Crippen LogP contribution is 2.30. The summed E-state index contributed by atoms with van der Waals surface area (Å²) >= 11 is 6.13. The first-order valence-corrected chi connectivity index (χ1v) is 10.3. The van der Waals surface area contributed by atoms with Crippen LogP contribution < -0.4 is 10.1 Å². The molecule has 0 fully saturated rings. The first kappa shape index (κ1) is 19.5. The Morgan fingerprint density at radius 3 is 2.79 bits per heavy atom. The first-order chi connectivity index (χ1) is 14.1. The Hall–Kier alpha value is -2.79. The minimum atomic E-state index is -0.639. The van der Waals surface area contributed by atoms with Gasteiger partial charge in [0.1, 0.15) is 5.75 Å². The molecule has 1 amide bonds. The highest BCUT2D eigenvalue weighted by molar-refractivity contribution is 6.32. The van der Waals surface area contributed by atoms with Crippen LogP contribution in [0.15, 0.2) is 60.8 Å². The molecule has 0 bridgehead atoms. The molecule has 29 heavy (non-hydrogen) atoms. The molecular weight excluding hydrogens is 386 g/mol. The van der Waals surface area contributed by atoms with Crippen LogP contribution in [-0.2, 0) is 17.8 Å². The molecule has 0 saturated heterocycles. The van der Waals surface area contributed by atoms with E-state index in [0.29, 0.717) is 10.8 Å². The van der Waals surface area contributed by atoms with E-state index in [1.807, 2.05) is 41.2 Å². The van der Waals surface area contributed by atoms with Crippen molar-refractivity contribution in [3.8, 4) is 5.75 Å². The molecule has 6 heteroatoms. The Bertz CT molecular complexity index is 987. The molecule has 150 valence electrons. The number of ether oxygens (including phenoxy) is 1. The number of halogens is 1. The van der Waals surface area contributed by atoms with Gasteiger partial charge in [-0.05, 0) is 43.9 Å². The standard InChI is InChI=1S/C23H24ClN3O2/c1-16(29-22-13-6-5-10-19(22)24)23(28)26-20-11-7-12-21-18(20)14-25-27(21)15-17-8-3-2-4-9-17/h2-6,8-10,13-14,16,20H,7,11-12,15H2,1H3,(H,26,28). The average molecular weight is 410 g/mol. The summed E-state index contributed by atoms with van der Waals surface area (Å²) in [6, 6.07) is 17.4. The SMILES string of the molecule is CC(Oc1ccccc1Cl)C(=O)NC1CCCc2c1cnn2Cc1ccccc1. The van der Waals surface area contributed by atoms with E-state index in [4.69, 9.17) is 16.3 Å². The van der Waals surface area contributed by atoms with Crippen LogP contribution in [0.4, 0.5) is 0 Å². The lowest BCUT2D eigenvalue weighted by Crippen LogP contribution is -2.39. The summed E-state index contributed by atoms with van der Waals surface area (Å²) in [6.45, 7) is 2.48. The van der Waals surface area contributed by atoms with Gasteiger partial charge in [0, 0.05) is 11.3 Å². The second-order valence-electron chi connectivity index (χ2n) is 7.33. The average Bonchev–Trinajstić information content (AvgIpc) is 3.14. The zero-order chi connectivity index (χ0) is 20.2. The Kier molecular flexibility index (Phi) is 5.86. The number of nitrogens with one attached hydrogen (secondary N) is 1. The molecule has 0 aliphatic heterocycles. The number of para-hydroxylation sites is 1. The van der Waals surface area contributed by atoms with E-state index in [1.54, 1.807) is 19.1 Å². The summed E-state index contributed by atoms with van der Waals surface area (Å²) in [5, 5.41) is 8.22. The summed E-state index contributed by atoms with van der Waals surface area (Å²) in [7, 11) is 0. The lowest BCUT2D eigenvalue weighted by atomic mass is 9.92. The monoisotopic (exact) mass is 409 g/mol. The van der Waals surface area contributed by atoms with Crippen molar-refractivity contribution in [2.45, 2.75) is 44.9 Å². The van der Waals surface area contributed by atoms with Gasteiger partial charge in [0.2, 0.25) is 0 Å². The van der Waals surface area contributed by atoms with Crippen molar-refractivity contribution >= 4 is 17.5 Å². The molecule has 1 aliphatic rings. The Morgan fingerprint density at radius 2 is 2.00 bits per heavy atom. The smallest absolute Gasteiger partial charge is 0.261 e. The lowest BCUT2D eigenvalue weighted by Gasteiger charge is -2.26. The second-order valence-corrected chi connectivity index (χ2v) is 7.74. The molecule has 1 aliphatic carbocycles. The van der Waals surface area contributed by atoms with Crippen molar-refractivity contribution < 1.29 is 9.53 Å². The normalized spacial score (nSPS) is 16.7. The number of fused-ring (bicyclic) bond motifs is 1. The Balaban J connectivity index is 1.44. The first-order valence-electron chi connectivity index (χ1n) is 9.92. The molecule has 0 spiro atoms. The predicted octanol–water partition coefficient (Wildman–Crippen LogP) is 4.55. The Morgan fingerprint density at radius 1 is 1.24 bits per heavy atom. The summed E-state index contributed by atoms with van der Waals surface area (Å²) in [6.07, 6.45) is 4.13. The minimum Gasteiger partial charge on any atom is -0.479 e. The number of benzene rings is 2. The van der Waals surface area contributed by atoms with Crippen LogP contribution in [0.2, 0.25) is 5.02 Å². The van der Waals surface area contributed by atoms with Gasteiger partial charge in [-0.3, -0.25) is 9.48 Å². The van der Waals surface area contributed by atoms with Crippen LogP contribution in [-0.4, -0.2) is 21.8 Å². The molecular formula is C23H24ClN3O2. The van der Waals surface area contributed by atoms with Crippen molar-refractivity contribution in [2.24, 2.45) is 0 Å². The van der Waals surface area contributed by atoms with Crippen molar-refractivity contribution in [3.05, 3.63) is 82.6 Å². The molecule has 4 rings (SSSR count). The van der Waals surface area contributed by atoms with Gasteiger partial charge in [0.15, 0.2) is 6.10 Å². The van der Waals surface area contributed by atoms with Gasteiger partial charge in [0.05, 0.1) is 23.8 Å². The van der Waals surface area contributed by atoms with Crippen LogP contribution in [0.3, 0.4) is 0 Å². The van der Waals surface area contributed by atoms with Gasteiger partial charge >= 0.3 is 0 Å². The Labute approximate surface area is 175 Å². The van der Waals surface area contributed by atoms with E-state index in [0.717, 1.165) is 31.4 Å². The zero-order valence-corrected chi connectivity index (χ0v) is 17.1. The third kappa shape index (κ3) is 4.46. The van der Waals surface area contributed by atoms with Gasteiger partial charge in [-0.25, -0.2) is 0 Å². The van der Waals surface area contributed by atoms with Gasteiger partial charge < -0.3 is 10.1 Å². The predicted molar refractivity (Wildman–Crippen MR) is 113 cm³/mol. The van der Waals surface area contributed by atoms with Crippen molar-refractivity contribution in [3.63, 3.8) is 0 Å². The molecule has 2 unspecified atom stereocenters. The lowest BCUT2D eigenvalue weighted by molar-refractivity contribution is -0.128. The molecule has 1 N–H and O–H groups in total. The maximum absolute atomic E-state index is 12.7. The fourth-order valence-electron chi connectivity index (χ4n) is 3.73. The topological polar surface area (TPSA) is 56.1 Å². The fourth-order valence-corrected chi connectivity index (χ4v) is 3.91. The number of aromatic nitrogens is 2. The van der Waals surface area contributed by atoms with E-state index < -0.39 is 6.10 Å². The van der Waals surface area contributed by atoms with Crippen LogP contribution >= 0.6 is 11.6 Å². The molecule has 5 nitrogen and oxygen atoms in total. The fraction of sp³-hybridized carbons (Fsp3) is 0.304. The number of hydrogen-bond acceptors (Lipinski definition) is 3. The van der Waals surface area contributed by atoms with Gasteiger partial charge in [-0.15, -0.1) is 0 Å². The molecule has 2 aromatic carbocycles. The van der Waals surface area contributed by atoms with E-state index in [9.17, 15) is 4.79 Å². The number of nitrogens with zero attached hydrogens (tertiary/aromatic N) is 2. The number of amides is 1. The molecule has 3 aromatic rings.